The second-order valence-corrected chi connectivity index (χ2v) is 6.56. The molecule has 0 saturated heterocycles. The molecule has 1 aliphatic rings. The molecule has 0 fully saturated rings. The summed E-state index contributed by atoms with van der Waals surface area (Å²) >= 11 is 3.75. The summed E-state index contributed by atoms with van der Waals surface area (Å²) in [7, 11) is 0. The van der Waals surface area contributed by atoms with Crippen LogP contribution in [0.15, 0.2) is 18.2 Å². The first-order valence-corrected chi connectivity index (χ1v) is 7.59. The summed E-state index contributed by atoms with van der Waals surface area (Å²) < 4.78 is 11.3. The summed E-state index contributed by atoms with van der Waals surface area (Å²) in [6.07, 6.45) is 3.18. The molecule has 0 amide bonds. The van der Waals surface area contributed by atoms with Crippen molar-refractivity contribution in [2.45, 2.75) is 37.9 Å². The van der Waals surface area contributed by atoms with Crippen LogP contribution in [-0.4, -0.2) is 18.0 Å². The summed E-state index contributed by atoms with van der Waals surface area (Å²) in [5.41, 5.74) is 1.31. The normalized spacial score (nSPS) is 16.4. The molecule has 2 rings (SSSR count). The predicted molar refractivity (Wildman–Crippen MR) is 77.9 cm³/mol. The van der Waals surface area contributed by atoms with Crippen LogP contribution in [-0.2, 0) is 6.42 Å². The van der Waals surface area contributed by atoms with Crippen LogP contribution in [0.1, 0.15) is 32.3 Å². The first-order valence-electron chi connectivity index (χ1n) is 6.67. The van der Waals surface area contributed by atoms with Gasteiger partial charge in [-0.2, -0.15) is 0 Å². The van der Waals surface area contributed by atoms with Crippen molar-refractivity contribution in [3.05, 3.63) is 23.8 Å². The van der Waals surface area contributed by atoms with Crippen LogP contribution in [0, 0.1) is 5.92 Å². The van der Waals surface area contributed by atoms with E-state index in [1.165, 1.54) is 12.0 Å². The SMILES string of the molecule is CC(C)CC(Br)Cc1ccc2c(c1)OCCCO2. The van der Waals surface area contributed by atoms with E-state index < -0.39 is 0 Å². The van der Waals surface area contributed by atoms with Gasteiger partial charge in [-0.15, -0.1) is 0 Å². The molecule has 18 heavy (non-hydrogen) atoms. The second kappa shape index (κ2) is 6.46. The van der Waals surface area contributed by atoms with Crippen molar-refractivity contribution in [3.8, 4) is 11.5 Å². The lowest BCUT2D eigenvalue weighted by Gasteiger charge is -2.14. The first kappa shape index (κ1) is 13.7. The van der Waals surface area contributed by atoms with Crippen molar-refractivity contribution in [2.75, 3.05) is 13.2 Å². The van der Waals surface area contributed by atoms with E-state index in [-0.39, 0.29) is 0 Å². The fourth-order valence-electron chi connectivity index (χ4n) is 2.19. The maximum Gasteiger partial charge on any atom is 0.161 e. The van der Waals surface area contributed by atoms with E-state index in [4.69, 9.17) is 9.47 Å². The van der Waals surface area contributed by atoms with Crippen molar-refractivity contribution in [1.29, 1.82) is 0 Å². The highest BCUT2D eigenvalue weighted by atomic mass is 79.9. The molecule has 2 nitrogen and oxygen atoms in total. The third kappa shape index (κ3) is 3.91. The van der Waals surface area contributed by atoms with Gasteiger partial charge in [0.25, 0.3) is 0 Å². The standard InChI is InChI=1S/C15H21BrO2/c1-11(2)8-13(16)9-12-4-5-14-15(10-12)18-7-3-6-17-14/h4-5,10-11,13H,3,6-9H2,1-2H3. The number of rotatable bonds is 4. The molecule has 1 atom stereocenters. The molecule has 0 spiro atoms. The Morgan fingerprint density at radius 3 is 2.61 bits per heavy atom. The molecule has 1 aromatic rings. The van der Waals surface area contributed by atoms with Crippen molar-refractivity contribution >= 4 is 15.9 Å². The summed E-state index contributed by atoms with van der Waals surface area (Å²) in [5, 5.41) is 0. The van der Waals surface area contributed by atoms with Gasteiger partial charge in [-0.25, -0.2) is 0 Å². The number of hydrogen-bond acceptors (Lipinski definition) is 2. The third-order valence-corrected chi connectivity index (χ3v) is 3.69. The van der Waals surface area contributed by atoms with Crippen LogP contribution >= 0.6 is 15.9 Å². The van der Waals surface area contributed by atoms with Gasteiger partial charge in [0, 0.05) is 11.2 Å². The van der Waals surface area contributed by atoms with E-state index in [0.717, 1.165) is 43.5 Å². The predicted octanol–water partition coefficient (Wildman–Crippen LogP) is 4.20. The molecular weight excluding hydrogens is 292 g/mol. The molecule has 1 heterocycles. The number of benzene rings is 1. The molecule has 0 radical (unpaired) electrons. The van der Waals surface area contributed by atoms with Gasteiger partial charge in [0.1, 0.15) is 0 Å². The molecule has 0 aliphatic carbocycles. The van der Waals surface area contributed by atoms with Gasteiger partial charge in [0.15, 0.2) is 11.5 Å². The topological polar surface area (TPSA) is 18.5 Å². The Morgan fingerprint density at radius 2 is 1.89 bits per heavy atom. The number of hydrogen-bond donors (Lipinski definition) is 0. The van der Waals surface area contributed by atoms with Crippen LogP contribution in [0.3, 0.4) is 0 Å². The number of alkyl halides is 1. The summed E-state index contributed by atoms with van der Waals surface area (Å²) in [5.74, 6) is 2.50. The Hall–Kier alpha value is -0.700. The first-order chi connectivity index (χ1) is 8.65. The Balaban J connectivity index is 2.03. The van der Waals surface area contributed by atoms with E-state index in [2.05, 4.69) is 41.9 Å². The Labute approximate surface area is 118 Å². The van der Waals surface area contributed by atoms with Crippen LogP contribution in [0.25, 0.3) is 0 Å². The minimum atomic E-state index is 0.530. The van der Waals surface area contributed by atoms with Crippen molar-refractivity contribution in [2.24, 2.45) is 5.92 Å². The summed E-state index contributed by atoms with van der Waals surface area (Å²) in [4.78, 5) is 0.530. The van der Waals surface area contributed by atoms with Crippen LogP contribution in [0.5, 0.6) is 11.5 Å². The quantitative estimate of drug-likeness (QED) is 0.776. The largest absolute Gasteiger partial charge is 0.490 e. The monoisotopic (exact) mass is 312 g/mol. The molecule has 0 aromatic heterocycles. The highest BCUT2D eigenvalue weighted by Crippen LogP contribution is 2.31. The molecule has 0 N–H and O–H groups in total. The van der Waals surface area contributed by atoms with Gasteiger partial charge in [0.05, 0.1) is 13.2 Å². The maximum atomic E-state index is 5.71. The highest BCUT2D eigenvalue weighted by molar-refractivity contribution is 9.09. The zero-order chi connectivity index (χ0) is 13.0. The molecule has 0 saturated carbocycles. The zero-order valence-electron chi connectivity index (χ0n) is 11.1. The molecule has 3 heteroatoms. The van der Waals surface area contributed by atoms with E-state index in [9.17, 15) is 0 Å². The molecule has 1 aliphatic heterocycles. The lowest BCUT2D eigenvalue weighted by atomic mass is 10.0. The smallest absolute Gasteiger partial charge is 0.161 e. The summed E-state index contributed by atoms with van der Waals surface area (Å²) in [6, 6.07) is 6.29. The Kier molecular flexibility index (Phi) is 4.93. The lowest BCUT2D eigenvalue weighted by molar-refractivity contribution is 0.297. The van der Waals surface area contributed by atoms with Crippen LogP contribution in [0.4, 0.5) is 0 Å². The summed E-state index contributed by atoms with van der Waals surface area (Å²) in [6.45, 7) is 6.01. The average Bonchev–Trinajstić information content (AvgIpc) is 2.52. The number of halogens is 1. The average molecular weight is 313 g/mol. The fourth-order valence-corrected chi connectivity index (χ4v) is 3.31. The van der Waals surface area contributed by atoms with Gasteiger partial charge in [0.2, 0.25) is 0 Å². The van der Waals surface area contributed by atoms with E-state index >= 15 is 0 Å². The Morgan fingerprint density at radius 1 is 1.17 bits per heavy atom. The van der Waals surface area contributed by atoms with Crippen molar-refractivity contribution in [3.63, 3.8) is 0 Å². The van der Waals surface area contributed by atoms with Gasteiger partial charge < -0.3 is 9.47 Å². The van der Waals surface area contributed by atoms with E-state index in [0.29, 0.717) is 4.83 Å². The number of ether oxygens (including phenoxy) is 2. The molecule has 1 aromatic carbocycles. The van der Waals surface area contributed by atoms with Gasteiger partial charge in [-0.05, 0) is 36.5 Å². The van der Waals surface area contributed by atoms with E-state index in [1.807, 2.05) is 6.07 Å². The van der Waals surface area contributed by atoms with Gasteiger partial charge >= 0.3 is 0 Å². The van der Waals surface area contributed by atoms with Crippen molar-refractivity contribution < 1.29 is 9.47 Å². The van der Waals surface area contributed by atoms with Crippen molar-refractivity contribution in [1.82, 2.24) is 0 Å². The zero-order valence-corrected chi connectivity index (χ0v) is 12.7. The Bertz CT molecular complexity index is 390. The van der Waals surface area contributed by atoms with Gasteiger partial charge in [-0.1, -0.05) is 35.8 Å². The fraction of sp³-hybridized carbons (Fsp3) is 0.600. The molecular formula is C15H21BrO2. The molecule has 100 valence electrons. The van der Waals surface area contributed by atoms with E-state index in [1.54, 1.807) is 0 Å². The number of fused-ring (bicyclic) bond motifs is 1. The van der Waals surface area contributed by atoms with Crippen LogP contribution < -0.4 is 9.47 Å². The minimum absolute atomic E-state index is 0.530. The molecule has 1 unspecified atom stereocenters. The second-order valence-electron chi connectivity index (χ2n) is 5.26. The van der Waals surface area contributed by atoms with Gasteiger partial charge in [-0.3, -0.25) is 0 Å². The highest BCUT2D eigenvalue weighted by Gasteiger charge is 2.13. The third-order valence-electron chi connectivity index (χ3n) is 3.00. The maximum absolute atomic E-state index is 5.71. The van der Waals surface area contributed by atoms with Crippen LogP contribution in [0.2, 0.25) is 0 Å². The minimum Gasteiger partial charge on any atom is -0.490 e. The lowest BCUT2D eigenvalue weighted by Crippen LogP contribution is -2.06. The molecule has 0 bridgehead atoms.